The molecule has 7 fully saturated rings. The molecule has 1 aromatic carbocycles. The molecule has 1 atom stereocenters. The summed E-state index contributed by atoms with van der Waals surface area (Å²) in [6, 6.07) is 13.9. The number of aromatic nitrogens is 4. The molecule has 5 amide bonds. The zero-order valence-electron chi connectivity index (χ0n) is 42.4. The zero-order chi connectivity index (χ0) is 49.5. The number of hydrogen-bond acceptors (Lipinski definition) is 11. The van der Waals surface area contributed by atoms with E-state index >= 15 is 4.79 Å². The van der Waals surface area contributed by atoms with E-state index in [2.05, 4.69) is 79.9 Å². The SMILES string of the molecule is CC(C)n1cnc2cc(-c3ccc4c(c3)N([C@H]3C[C@@H](N5CCCCC5)C3)C(=O)C43CCN(C(=O)C4(C)CCN(C(=O)C5CCN(c6ccc(C7CCC(=O)NC7=O)nc6)CC5)CC4)CC3)nc(NC3CC3)c21. The van der Waals surface area contributed by atoms with Gasteiger partial charge < -0.3 is 34.4 Å². The highest BCUT2D eigenvalue weighted by Crippen LogP contribution is 2.53. The van der Waals surface area contributed by atoms with E-state index in [4.69, 9.17) is 9.97 Å². The van der Waals surface area contributed by atoms with Crippen molar-refractivity contribution in [3.05, 3.63) is 60.2 Å². The summed E-state index contributed by atoms with van der Waals surface area (Å²) in [5.41, 5.74) is 6.27. The minimum absolute atomic E-state index is 0.0651. The number of nitrogens with zero attached hydrogens (tertiary/aromatic N) is 9. The summed E-state index contributed by atoms with van der Waals surface area (Å²) < 4.78 is 2.20. The van der Waals surface area contributed by atoms with E-state index in [1.54, 1.807) is 6.20 Å². The first-order chi connectivity index (χ1) is 34.9. The molecular formula is C56H71N11O5. The fourth-order valence-electron chi connectivity index (χ4n) is 13.4. The van der Waals surface area contributed by atoms with Gasteiger partial charge in [0, 0.05) is 92.4 Å². The van der Waals surface area contributed by atoms with Gasteiger partial charge in [-0.1, -0.05) is 25.5 Å². The van der Waals surface area contributed by atoms with Gasteiger partial charge >= 0.3 is 0 Å². The quantitative estimate of drug-likeness (QED) is 0.158. The Kier molecular flexibility index (Phi) is 12.1. The number of fused-ring (bicyclic) bond motifs is 3. The van der Waals surface area contributed by atoms with Crippen molar-refractivity contribution in [1.29, 1.82) is 0 Å². The van der Waals surface area contributed by atoms with Crippen LogP contribution in [0, 0.1) is 11.3 Å². The number of imide groups is 1. The Labute approximate surface area is 422 Å². The number of likely N-dealkylation sites (tertiary alicyclic amines) is 3. The third kappa shape index (κ3) is 8.42. The normalized spacial score (nSPS) is 25.8. The Morgan fingerprint density at radius 2 is 1.53 bits per heavy atom. The van der Waals surface area contributed by atoms with Crippen molar-refractivity contribution in [2.45, 2.75) is 153 Å². The lowest BCUT2D eigenvalue weighted by molar-refractivity contribution is -0.150. The molecule has 72 heavy (non-hydrogen) atoms. The minimum Gasteiger partial charge on any atom is -0.370 e. The van der Waals surface area contributed by atoms with Crippen molar-refractivity contribution in [3.8, 4) is 11.3 Å². The van der Waals surface area contributed by atoms with Crippen LogP contribution in [0.1, 0.15) is 140 Å². The van der Waals surface area contributed by atoms with Crippen LogP contribution in [0.3, 0.4) is 0 Å². The van der Waals surface area contributed by atoms with Gasteiger partial charge in [0.2, 0.25) is 29.5 Å². The maximum Gasteiger partial charge on any atom is 0.238 e. The predicted octanol–water partition coefficient (Wildman–Crippen LogP) is 6.94. The molecule has 3 aromatic heterocycles. The number of imidazole rings is 1. The Hall–Kier alpha value is -5.90. The molecule has 16 nitrogen and oxygen atoms in total. The topological polar surface area (TPSA) is 169 Å². The lowest BCUT2D eigenvalue weighted by atomic mass is 9.72. The van der Waals surface area contributed by atoms with Gasteiger partial charge in [0.05, 0.1) is 46.4 Å². The fourth-order valence-corrected chi connectivity index (χ4v) is 13.4. The summed E-state index contributed by atoms with van der Waals surface area (Å²) in [5.74, 6) is 0.393. The van der Waals surface area contributed by atoms with E-state index in [-0.39, 0.29) is 47.5 Å². The number of hydrogen-bond donors (Lipinski definition) is 2. The van der Waals surface area contributed by atoms with Crippen molar-refractivity contribution in [2.75, 3.05) is 67.5 Å². The van der Waals surface area contributed by atoms with Gasteiger partial charge in [-0.2, -0.15) is 0 Å². The van der Waals surface area contributed by atoms with E-state index in [0.717, 1.165) is 110 Å². The molecule has 8 aliphatic rings. The first-order valence-corrected chi connectivity index (χ1v) is 27.4. The number of anilines is 3. The second-order valence-electron chi connectivity index (χ2n) is 23.1. The largest absolute Gasteiger partial charge is 0.370 e. The lowest BCUT2D eigenvalue weighted by Gasteiger charge is -2.48. The van der Waals surface area contributed by atoms with Crippen molar-refractivity contribution < 1.29 is 24.0 Å². The highest BCUT2D eigenvalue weighted by molar-refractivity contribution is 6.09. The van der Waals surface area contributed by atoms with Gasteiger partial charge in [0.25, 0.3) is 0 Å². The average Bonchev–Trinajstić information content (AvgIpc) is 4.05. The summed E-state index contributed by atoms with van der Waals surface area (Å²) in [7, 11) is 0. The highest BCUT2D eigenvalue weighted by Gasteiger charge is 2.56. The number of benzene rings is 1. The van der Waals surface area contributed by atoms with Crippen molar-refractivity contribution in [2.24, 2.45) is 11.3 Å². The number of pyridine rings is 2. The third-order valence-electron chi connectivity index (χ3n) is 18.3. The van der Waals surface area contributed by atoms with E-state index in [9.17, 15) is 19.2 Å². The van der Waals surface area contributed by atoms with E-state index in [1.807, 2.05) is 28.3 Å². The molecule has 6 aliphatic heterocycles. The van der Waals surface area contributed by atoms with Crippen LogP contribution in [0.2, 0.25) is 0 Å². The van der Waals surface area contributed by atoms with Gasteiger partial charge in [-0.15, -0.1) is 0 Å². The van der Waals surface area contributed by atoms with Crippen LogP contribution >= 0.6 is 0 Å². The molecule has 0 bridgehead atoms. The first-order valence-electron chi connectivity index (χ1n) is 27.4. The standard InChI is InChI=1S/C56H71N11O5/c1-35(2)66-34-58-46-32-45(60-50(49(46)66)59-38-8-9-38)37-7-12-43-47(29-37)67(41-30-40(31-41)62-21-5-4-6-22-62)54(72)56(43)19-27-65(28-20-56)53(71)55(3)17-25-64(26-18-55)52(70)36-15-23-63(24-16-36)39-10-13-44(57-33-39)42-11-14-48(68)61-51(42)69/h7,10,12-13,29,32-36,38,40-42H,4-6,8-9,11,14-28,30-31H2,1-3H3,(H,59,60)(H,61,68,69)/t40-,41+,42?. The van der Waals surface area contributed by atoms with E-state index in [1.165, 1.54) is 19.3 Å². The van der Waals surface area contributed by atoms with E-state index < -0.39 is 16.7 Å². The summed E-state index contributed by atoms with van der Waals surface area (Å²) in [4.78, 5) is 93.6. The number of rotatable bonds is 10. The highest BCUT2D eigenvalue weighted by atomic mass is 16.2. The molecule has 1 unspecified atom stereocenters. The minimum atomic E-state index is -0.686. The molecule has 5 saturated heterocycles. The molecule has 16 heteroatoms. The van der Waals surface area contributed by atoms with Crippen molar-refractivity contribution in [1.82, 2.24) is 39.5 Å². The summed E-state index contributed by atoms with van der Waals surface area (Å²) in [6.45, 7) is 12.4. The van der Waals surface area contributed by atoms with Crippen molar-refractivity contribution in [3.63, 3.8) is 0 Å². The molecule has 12 rings (SSSR count). The molecule has 1 spiro atoms. The number of carbonyl (C=O) groups is 5. The van der Waals surface area contributed by atoms with Gasteiger partial charge in [0.1, 0.15) is 5.52 Å². The van der Waals surface area contributed by atoms with Crippen LogP contribution in [-0.4, -0.2) is 134 Å². The maximum atomic E-state index is 15.3. The molecule has 4 aromatic rings. The van der Waals surface area contributed by atoms with Crippen LogP contribution in [0.25, 0.3) is 22.3 Å². The Morgan fingerprint density at radius 3 is 2.21 bits per heavy atom. The lowest BCUT2D eigenvalue weighted by Crippen LogP contribution is -2.59. The molecule has 0 radical (unpaired) electrons. The second kappa shape index (κ2) is 18.5. The van der Waals surface area contributed by atoms with Crippen LogP contribution < -0.4 is 20.4 Å². The monoisotopic (exact) mass is 978 g/mol. The Morgan fingerprint density at radius 1 is 0.792 bits per heavy atom. The number of carbonyl (C=O) groups excluding carboxylic acids is 5. The van der Waals surface area contributed by atoms with Crippen molar-refractivity contribution >= 4 is 57.8 Å². The third-order valence-corrected chi connectivity index (χ3v) is 18.3. The molecular weight excluding hydrogens is 907 g/mol. The van der Waals surface area contributed by atoms with Crippen LogP contribution in [0.15, 0.2) is 48.9 Å². The summed E-state index contributed by atoms with van der Waals surface area (Å²) in [5, 5.41) is 6.12. The number of piperidine rings is 5. The van der Waals surface area contributed by atoms with Gasteiger partial charge in [-0.05, 0) is 140 Å². The van der Waals surface area contributed by atoms with Crippen LogP contribution in [0.4, 0.5) is 17.2 Å². The predicted molar refractivity (Wildman–Crippen MR) is 275 cm³/mol. The molecule has 2 saturated carbocycles. The van der Waals surface area contributed by atoms with Crippen LogP contribution in [0.5, 0.6) is 0 Å². The van der Waals surface area contributed by atoms with Gasteiger partial charge in [-0.25, -0.2) is 9.97 Å². The zero-order valence-corrected chi connectivity index (χ0v) is 42.4. The molecule has 2 N–H and O–H groups in total. The fraction of sp³-hybridized carbons (Fsp3) is 0.607. The van der Waals surface area contributed by atoms with Gasteiger partial charge in [0.15, 0.2) is 5.82 Å². The van der Waals surface area contributed by atoms with Gasteiger partial charge in [-0.3, -0.25) is 34.3 Å². The molecule has 2 aliphatic carbocycles. The Bertz CT molecular complexity index is 2770. The first kappa shape index (κ1) is 47.1. The molecule has 380 valence electrons. The maximum absolute atomic E-state index is 15.3. The average molecular weight is 978 g/mol. The molecule has 9 heterocycles. The van der Waals surface area contributed by atoms with Crippen LogP contribution in [-0.2, 0) is 29.4 Å². The number of nitrogens with one attached hydrogen (secondary N) is 2. The summed E-state index contributed by atoms with van der Waals surface area (Å²) >= 11 is 0. The number of amides is 5. The van der Waals surface area contributed by atoms with E-state index in [0.29, 0.717) is 82.5 Å². The summed E-state index contributed by atoms with van der Waals surface area (Å²) in [6.07, 6.45) is 16.5. The second-order valence-corrected chi connectivity index (χ2v) is 23.1. The Balaban J connectivity index is 0.705. The smallest absolute Gasteiger partial charge is 0.238 e.